The molecule has 0 aliphatic rings. The largest absolute Gasteiger partial charge is 0.507 e. The Morgan fingerprint density at radius 1 is 1.00 bits per heavy atom. The van der Waals surface area contributed by atoms with Crippen LogP contribution in [0.4, 0.5) is 0 Å². The van der Waals surface area contributed by atoms with Crippen molar-refractivity contribution in [1.82, 2.24) is 0 Å². The maximum Gasteiger partial charge on any atom is 0.341 e. The van der Waals surface area contributed by atoms with Crippen molar-refractivity contribution in [3.8, 4) is 5.75 Å². The quantitative estimate of drug-likeness (QED) is 0.253. The van der Waals surface area contributed by atoms with Gasteiger partial charge in [0.1, 0.15) is 11.3 Å². The molecule has 0 fully saturated rings. The fourth-order valence-electron chi connectivity index (χ4n) is 2.91. The summed E-state index contributed by atoms with van der Waals surface area (Å²) in [6.45, 7) is 2.20. The van der Waals surface area contributed by atoms with Gasteiger partial charge in [0.25, 0.3) is 0 Å². The van der Waals surface area contributed by atoms with Gasteiger partial charge >= 0.3 is 5.97 Å². The van der Waals surface area contributed by atoms with Crippen LogP contribution in [-0.4, -0.2) is 18.2 Å². The molecule has 1 N–H and O–H groups in total. The molecule has 144 valence electrons. The van der Waals surface area contributed by atoms with Crippen molar-refractivity contribution < 1.29 is 14.6 Å². The molecule has 0 unspecified atom stereocenters. The number of methoxy groups -OCH3 is 1. The van der Waals surface area contributed by atoms with Crippen LogP contribution < -0.4 is 0 Å². The van der Waals surface area contributed by atoms with Gasteiger partial charge in [0.2, 0.25) is 0 Å². The molecule has 0 heterocycles. The Hall–Kier alpha value is -2.03. The molecule has 0 saturated carbocycles. The summed E-state index contributed by atoms with van der Waals surface area (Å²) in [6, 6.07) is 5.20. The molecular weight excluding hydrogens is 324 g/mol. The Balaban J connectivity index is 2.16. The number of benzene rings is 1. The van der Waals surface area contributed by atoms with Gasteiger partial charge in [0.05, 0.1) is 7.11 Å². The van der Waals surface area contributed by atoms with Crippen molar-refractivity contribution in [3.63, 3.8) is 0 Å². The molecule has 0 atom stereocenters. The molecule has 26 heavy (non-hydrogen) atoms. The third-order valence-corrected chi connectivity index (χ3v) is 4.40. The summed E-state index contributed by atoms with van der Waals surface area (Å²) in [6.07, 6.45) is 20.3. The molecule has 0 aromatic heterocycles. The summed E-state index contributed by atoms with van der Waals surface area (Å²) in [7, 11) is 1.34. The number of unbranched alkanes of at least 4 members (excludes halogenated alkanes) is 6. The minimum atomic E-state index is -0.463. The highest BCUT2D eigenvalue weighted by molar-refractivity contribution is 5.94. The molecule has 3 heteroatoms. The average Bonchev–Trinajstić information content (AvgIpc) is 2.65. The Morgan fingerprint density at radius 2 is 1.69 bits per heavy atom. The number of hydrogen-bond acceptors (Lipinski definition) is 3. The molecule has 0 saturated heterocycles. The number of carbonyl (C=O) groups is 1. The standard InChI is InChI=1S/C23H34O3/c1-3-4-5-6-7-8-9-10-11-12-13-14-15-17-20-18-16-19-21(24)22(20)23(25)26-2/h5-6,8-9,16,18-19,24H,3-4,7,10-15,17H2,1-2H3/b6-5-,9-8-. The summed E-state index contributed by atoms with van der Waals surface area (Å²) in [5.74, 6) is -0.458. The summed E-state index contributed by atoms with van der Waals surface area (Å²) in [5.41, 5.74) is 1.18. The number of allylic oxidation sites excluding steroid dienone is 4. The number of ether oxygens (including phenoxy) is 1. The highest BCUT2D eigenvalue weighted by Gasteiger charge is 2.15. The zero-order chi connectivity index (χ0) is 19.0. The zero-order valence-electron chi connectivity index (χ0n) is 16.4. The molecule has 0 aliphatic carbocycles. The normalized spacial score (nSPS) is 11.5. The van der Waals surface area contributed by atoms with Gasteiger partial charge in [-0.05, 0) is 50.2 Å². The number of aryl methyl sites for hydroxylation is 1. The van der Waals surface area contributed by atoms with E-state index < -0.39 is 5.97 Å². The Kier molecular flexibility index (Phi) is 12.0. The summed E-state index contributed by atoms with van der Waals surface area (Å²) < 4.78 is 4.77. The first-order valence-corrected chi connectivity index (χ1v) is 9.89. The molecular formula is C23H34O3. The van der Waals surface area contributed by atoms with E-state index in [4.69, 9.17) is 4.74 Å². The van der Waals surface area contributed by atoms with Crippen LogP contribution in [0, 0.1) is 0 Å². The lowest BCUT2D eigenvalue weighted by Crippen LogP contribution is -2.06. The van der Waals surface area contributed by atoms with Crippen molar-refractivity contribution in [1.29, 1.82) is 0 Å². The van der Waals surface area contributed by atoms with E-state index in [1.54, 1.807) is 6.07 Å². The highest BCUT2D eigenvalue weighted by atomic mass is 16.5. The van der Waals surface area contributed by atoms with Crippen molar-refractivity contribution in [2.45, 2.75) is 71.1 Å². The molecule has 3 nitrogen and oxygen atoms in total. The summed E-state index contributed by atoms with van der Waals surface area (Å²) in [5, 5.41) is 9.89. The van der Waals surface area contributed by atoms with Gasteiger partial charge < -0.3 is 9.84 Å². The molecule has 1 aromatic rings. The van der Waals surface area contributed by atoms with Crippen LogP contribution in [0.15, 0.2) is 42.5 Å². The fourth-order valence-corrected chi connectivity index (χ4v) is 2.91. The van der Waals surface area contributed by atoms with Crippen molar-refractivity contribution in [2.24, 2.45) is 0 Å². The number of carbonyl (C=O) groups excluding carboxylic acids is 1. The minimum Gasteiger partial charge on any atom is -0.507 e. The highest BCUT2D eigenvalue weighted by Crippen LogP contribution is 2.23. The van der Waals surface area contributed by atoms with Gasteiger partial charge in [0.15, 0.2) is 0 Å². The van der Waals surface area contributed by atoms with Crippen LogP contribution in [0.3, 0.4) is 0 Å². The molecule has 0 bridgehead atoms. The molecule has 1 rings (SSSR count). The minimum absolute atomic E-state index is 0.00526. The van der Waals surface area contributed by atoms with Gasteiger partial charge in [0, 0.05) is 0 Å². The molecule has 1 aromatic carbocycles. The van der Waals surface area contributed by atoms with E-state index >= 15 is 0 Å². The van der Waals surface area contributed by atoms with E-state index in [9.17, 15) is 9.90 Å². The third-order valence-electron chi connectivity index (χ3n) is 4.40. The molecule has 0 spiro atoms. The smallest absolute Gasteiger partial charge is 0.341 e. The van der Waals surface area contributed by atoms with Crippen LogP contribution in [0.25, 0.3) is 0 Å². The first kappa shape index (κ1) is 22.0. The third kappa shape index (κ3) is 8.89. The number of hydrogen-bond donors (Lipinski definition) is 1. The van der Waals surface area contributed by atoms with Gasteiger partial charge in [-0.3, -0.25) is 0 Å². The lowest BCUT2D eigenvalue weighted by Gasteiger charge is -2.09. The number of aromatic hydroxyl groups is 1. The summed E-state index contributed by atoms with van der Waals surface area (Å²) >= 11 is 0. The van der Waals surface area contributed by atoms with E-state index in [0.29, 0.717) is 5.56 Å². The predicted molar refractivity (Wildman–Crippen MR) is 109 cm³/mol. The maximum atomic E-state index is 11.8. The van der Waals surface area contributed by atoms with Crippen molar-refractivity contribution in [2.75, 3.05) is 7.11 Å². The number of esters is 1. The van der Waals surface area contributed by atoms with E-state index in [1.807, 2.05) is 6.07 Å². The Bertz CT molecular complexity index is 573. The molecule has 0 aliphatic heterocycles. The van der Waals surface area contributed by atoms with Gasteiger partial charge in [-0.2, -0.15) is 0 Å². The topological polar surface area (TPSA) is 46.5 Å². The SMILES string of the molecule is CCC/C=C\C/C=C\CCCCCCCc1cccc(O)c1C(=O)OC. The zero-order valence-corrected chi connectivity index (χ0v) is 16.4. The van der Waals surface area contributed by atoms with Gasteiger partial charge in [-0.1, -0.05) is 69.0 Å². The average molecular weight is 359 g/mol. The Labute approximate surface area is 158 Å². The van der Waals surface area contributed by atoms with E-state index in [0.717, 1.165) is 37.7 Å². The van der Waals surface area contributed by atoms with Crippen molar-refractivity contribution >= 4 is 5.97 Å². The Morgan fingerprint density at radius 3 is 2.42 bits per heavy atom. The monoisotopic (exact) mass is 358 g/mol. The van der Waals surface area contributed by atoms with E-state index in [-0.39, 0.29) is 5.75 Å². The van der Waals surface area contributed by atoms with Crippen molar-refractivity contribution in [3.05, 3.63) is 53.6 Å². The lowest BCUT2D eigenvalue weighted by atomic mass is 9.99. The van der Waals surface area contributed by atoms with Crippen LogP contribution in [0.5, 0.6) is 5.75 Å². The number of phenolic OH excluding ortho intramolecular Hbond substituents is 1. The predicted octanol–water partition coefficient (Wildman–Crippen LogP) is 6.36. The first-order valence-electron chi connectivity index (χ1n) is 9.89. The first-order chi connectivity index (χ1) is 12.7. The number of phenols is 1. The van der Waals surface area contributed by atoms with Crippen LogP contribution in [-0.2, 0) is 11.2 Å². The molecule has 0 radical (unpaired) electrons. The van der Waals surface area contributed by atoms with Crippen LogP contribution >= 0.6 is 0 Å². The van der Waals surface area contributed by atoms with Gasteiger partial charge in [-0.25, -0.2) is 4.79 Å². The second kappa shape index (κ2) is 14.2. The number of rotatable bonds is 13. The van der Waals surface area contributed by atoms with E-state index in [2.05, 4.69) is 31.2 Å². The second-order valence-corrected chi connectivity index (χ2v) is 6.58. The molecule has 0 amide bonds. The fraction of sp³-hybridized carbons (Fsp3) is 0.522. The maximum absolute atomic E-state index is 11.8. The van der Waals surface area contributed by atoms with Gasteiger partial charge in [-0.15, -0.1) is 0 Å². The van der Waals surface area contributed by atoms with E-state index in [1.165, 1.54) is 45.3 Å². The van der Waals surface area contributed by atoms with Crippen LogP contribution in [0.2, 0.25) is 0 Å². The second-order valence-electron chi connectivity index (χ2n) is 6.58. The van der Waals surface area contributed by atoms with Crippen LogP contribution in [0.1, 0.15) is 80.6 Å². The lowest BCUT2D eigenvalue weighted by molar-refractivity contribution is 0.0596. The summed E-state index contributed by atoms with van der Waals surface area (Å²) in [4.78, 5) is 11.8.